The Bertz CT molecular complexity index is 80.9. The van der Waals surface area contributed by atoms with Crippen molar-refractivity contribution in [2.75, 3.05) is 0 Å². The van der Waals surface area contributed by atoms with E-state index in [0.29, 0.717) is 0 Å². The van der Waals surface area contributed by atoms with Gasteiger partial charge < -0.3 is 4.65 Å². The molecule has 4 heteroatoms. The molecule has 0 aromatic heterocycles. The molecule has 0 aromatic carbocycles. The minimum absolute atomic E-state index is 0. The maximum Gasteiger partial charge on any atom is 0 e. The SMILES string of the molecule is C[Si](C)(C)[N-][Si](C)(C)C.[Li]. The Morgan fingerprint density at radius 3 is 0.900 bits per heavy atom. The first-order valence-corrected chi connectivity index (χ1v) is 10.3. The van der Waals surface area contributed by atoms with Gasteiger partial charge in [-0.2, -0.15) is 0 Å². The minimum Gasteiger partial charge on any atom is -0.668 e. The van der Waals surface area contributed by atoms with Crippen LogP contribution >= 0.6 is 0 Å². The molecule has 0 aromatic rings. The molecule has 0 rings (SSSR count). The van der Waals surface area contributed by atoms with Gasteiger partial charge in [0.25, 0.3) is 0 Å². The summed E-state index contributed by atoms with van der Waals surface area (Å²) in [5.41, 5.74) is 0. The van der Waals surface area contributed by atoms with Gasteiger partial charge in [0.05, 0.1) is 0 Å². The van der Waals surface area contributed by atoms with Gasteiger partial charge in [0.15, 0.2) is 0 Å². The molecule has 0 N–H and O–H groups in total. The van der Waals surface area contributed by atoms with Crippen LogP contribution in [0.1, 0.15) is 0 Å². The van der Waals surface area contributed by atoms with Crippen LogP contribution in [0.4, 0.5) is 0 Å². The molecule has 0 saturated carbocycles. The Kier molecular flexibility index (Phi) is 5.60. The summed E-state index contributed by atoms with van der Waals surface area (Å²) >= 11 is 0. The van der Waals surface area contributed by atoms with Crippen LogP contribution in [-0.4, -0.2) is 35.3 Å². The van der Waals surface area contributed by atoms with Gasteiger partial charge in [-0.25, -0.2) is 0 Å². The fourth-order valence-corrected chi connectivity index (χ4v) is 9.06. The Morgan fingerprint density at radius 1 is 0.700 bits per heavy atom. The van der Waals surface area contributed by atoms with E-state index < -0.39 is 16.5 Å². The van der Waals surface area contributed by atoms with Crippen LogP contribution in [0.5, 0.6) is 0 Å². The molecule has 0 saturated heterocycles. The first-order chi connectivity index (χ1) is 3.71. The summed E-state index contributed by atoms with van der Waals surface area (Å²) in [6.45, 7) is 13.8. The van der Waals surface area contributed by atoms with Gasteiger partial charge in [0.1, 0.15) is 0 Å². The maximum absolute atomic E-state index is 4.82. The quantitative estimate of drug-likeness (QED) is 0.561. The molecule has 0 aliphatic rings. The molecule has 0 unspecified atom stereocenters. The number of nitrogens with zero attached hydrogens (tertiary/aromatic N) is 1. The van der Waals surface area contributed by atoms with Crippen molar-refractivity contribution in [1.29, 1.82) is 0 Å². The van der Waals surface area contributed by atoms with Gasteiger partial charge in [-0.15, -0.1) is 0 Å². The molecule has 10 heavy (non-hydrogen) atoms. The third kappa shape index (κ3) is 11.7. The number of rotatable bonds is 2. The van der Waals surface area contributed by atoms with Crippen LogP contribution in [0, 0.1) is 0 Å². The van der Waals surface area contributed by atoms with Crippen LogP contribution in [0.3, 0.4) is 0 Å². The second kappa shape index (κ2) is 4.13. The van der Waals surface area contributed by atoms with Crippen molar-refractivity contribution in [3.05, 3.63) is 4.65 Å². The molecule has 0 aliphatic carbocycles. The van der Waals surface area contributed by atoms with E-state index in [1.807, 2.05) is 0 Å². The molecule has 0 bridgehead atoms. The van der Waals surface area contributed by atoms with E-state index in [9.17, 15) is 0 Å². The number of hydrogen-bond donors (Lipinski definition) is 0. The minimum atomic E-state index is -1.11. The van der Waals surface area contributed by atoms with Crippen LogP contribution < -0.4 is 0 Å². The van der Waals surface area contributed by atoms with Crippen molar-refractivity contribution < 1.29 is 0 Å². The topological polar surface area (TPSA) is 14.1 Å². The van der Waals surface area contributed by atoms with Crippen molar-refractivity contribution in [2.24, 2.45) is 0 Å². The fraction of sp³-hybridized carbons (Fsp3) is 1.00. The van der Waals surface area contributed by atoms with Crippen molar-refractivity contribution in [2.45, 2.75) is 39.3 Å². The first-order valence-electron chi connectivity index (χ1n) is 3.45. The fourth-order valence-electron chi connectivity index (χ4n) is 1.01. The van der Waals surface area contributed by atoms with E-state index in [4.69, 9.17) is 4.65 Å². The monoisotopic (exact) mass is 167 g/mol. The molecule has 0 aliphatic heterocycles. The Balaban J connectivity index is 0. The summed E-state index contributed by atoms with van der Waals surface area (Å²) in [7, 11) is -2.21. The van der Waals surface area contributed by atoms with Crippen LogP contribution in [0.2, 0.25) is 39.3 Å². The number of hydrogen-bond acceptors (Lipinski definition) is 0. The molecule has 1 radical (unpaired) electrons. The summed E-state index contributed by atoms with van der Waals surface area (Å²) in [6, 6.07) is 0. The van der Waals surface area contributed by atoms with E-state index in [-0.39, 0.29) is 18.9 Å². The third-order valence-corrected chi connectivity index (χ3v) is 6.04. The molecule has 0 atom stereocenters. The summed E-state index contributed by atoms with van der Waals surface area (Å²) in [5, 5.41) is 0. The smallest absolute Gasteiger partial charge is 0 e. The molecule has 0 fully saturated rings. The zero-order chi connectivity index (χ0) is 7.71. The van der Waals surface area contributed by atoms with E-state index in [1.54, 1.807) is 0 Å². The van der Waals surface area contributed by atoms with Gasteiger partial charge in [0.2, 0.25) is 0 Å². The molecular weight excluding hydrogens is 149 g/mol. The van der Waals surface area contributed by atoms with Crippen molar-refractivity contribution in [3.8, 4) is 0 Å². The average Bonchev–Trinajstić information content (AvgIpc) is 1.14. The predicted octanol–water partition coefficient (Wildman–Crippen LogP) is 2.65. The zero-order valence-electron chi connectivity index (χ0n) is 8.45. The van der Waals surface area contributed by atoms with Gasteiger partial charge in [-0.05, 0) is 0 Å². The van der Waals surface area contributed by atoms with Gasteiger partial charge in [-0.3, -0.25) is 0 Å². The second-order valence-electron chi connectivity index (χ2n) is 4.45. The molecule has 57 valence electrons. The van der Waals surface area contributed by atoms with Crippen LogP contribution in [0.25, 0.3) is 4.65 Å². The Labute approximate surface area is 79.3 Å². The molecule has 0 amide bonds. The Hall–Kier alpha value is 0.991. The predicted molar refractivity (Wildman–Crippen MR) is 55.8 cm³/mol. The third-order valence-electron chi connectivity index (χ3n) is 0.671. The van der Waals surface area contributed by atoms with E-state index in [0.717, 1.165) is 0 Å². The van der Waals surface area contributed by atoms with E-state index >= 15 is 0 Å². The molecule has 1 nitrogen and oxygen atoms in total. The van der Waals surface area contributed by atoms with Gasteiger partial charge >= 0.3 is 0 Å². The normalized spacial score (nSPS) is 12.6. The standard InChI is InChI=1S/C6H18NSi2.Li/c1-8(2,3)7-9(4,5)6;/h1-6H3;/q-1;. The van der Waals surface area contributed by atoms with Gasteiger partial charge in [0, 0.05) is 18.9 Å². The summed E-state index contributed by atoms with van der Waals surface area (Å²) < 4.78 is 4.82. The van der Waals surface area contributed by atoms with Crippen LogP contribution in [-0.2, 0) is 0 Å². The molecule has 0 heterocycles. The second-order valence-corrected chi connectivity index (χ2v) is 14.0. The summed E-state index contributed by atoms with van der Waals surface area (Å²) in [4.78, 5) is 0. The summed E-state index contributed by atoms with van der Waals surface area (Å²) in [6.07, 6.45) is 0. The van der Waals surface area contributed by atoms with E-state index in [1.165, 1.54) is 0 Å². The van der Waals surface area contributed by atoms with E-state index in [2.05, 4.69) is 39.3 Å². The zero-order valence-corrected chi connectivity index (χ0v) is 10.4. The van der Waals surface area contributed by atoms with Crippen molar-refractivity contribution in [1.82, 2.24) is 0 Å². The van der Waals surface area contributed by atoms with Gasteiger partial charge in [-0.1, -0.05) is 55.8 Å². The molecular formula is C6H18LiNSi2-. The first kappa shape index (κ1) is 13.6. The summed E-state index contributed by atoms with van der Waals surface area (Å²) in [5.74, 6) is 0. The van der Waals surface area contributed by atoms with Crippen molar-refractivity contribution in [3.63, 3.8) is 0 Å². The average molecular weight is 167 g/mol. The maximum atomic E-state index is 4.82. The molecule has 0 spiro atoms. The van der Waals surface area contributed by atoms with Crippen LogP contribution in [0.15, 0.2) is 0 Å². The largest absolute Gasteiger partial charge is 0.668 e. The van der Waals surface area contributed by atoms with Crippen molar-refractivity contribution >= 4 is 35.3 Å². The Morgan fingerprint density at radius 2 is 0.900 bits per heavy atom.